The minimum absolute atomic E-state index is 0.268. The number of aromatic nitrogens is 3. The standard InChI is InChI=1S/C12H13Cl2N3/c1-8(2)17-11(7-13)15-16-12(17)9-3-5-10(14)6-4-9/h3-6,8H,7H2,1-2H3. The van der Waals surface area contributed by atoms with Gasteiger partial charge in [0.25, 0.3) is 0 Å². The topological polar surface area (TPSA) is 30.7 Å². The van der Waals surface area contributed by atoms with Gasteiger partial charge in [0.15, 0.2) is 5.82 Å². The van der Waals surface area contributed by atoms with Crippen molar-refractivity contribution in [3.8, 4) is 11.4 Å². The van der Waals surface area contributed by atoms with Crippen molar-refractivity contribution in [1.82, 2.24) is 14.8 Å². The number of alkyl halides is 1. The van der Waals surface area contributed by atoms with Crippen molar-refractivity contribution in [3.05, 3.63) is 35.1 Å². The molecule has 0 saturated heterocycles. The first kappa shape index (κ1) is 12.4. The summed E-state index contributed by atoms with van der Waals surface area (Å²) in [5.41, 5.74) is 0.993. The van der Waals surface area contributed by atoms with E-state index >= 15 is 0 Å². The number of benzene rings is 1. The zero-order valence-corrected chi connectivity index (χ0v) is 11.2. The van der Waals surface area contributed by atoms with E-state index in [1.165, 1.54) is 0 Å². The fourth-order valence-corrected chi connectivity index (χ4v) is 2.06. The van der Waals surface area contributed by atoms with Crippen molar-refractivity contribution >= 4 is 23.2 Å². The van der Waals surface area contributed by atoms with E-state index in [2.05, 4.69) is 24.0 Å². The molecule has 0 spiro atoms. The van der Waals surface area contributed by atoms with Gasteiger partial charge in [0.1, 0.15) is 5.82 Å². The van der Waals surface area contributed by atoms with Gasteiger partial charge in [-0.3, -0.25) is 0 Å². The summed E-state index contributed by atoms with van der Waals surface area (Å²) < 4.78 is 2.04. The molecule has 17 heavy (non-hydrogen) atoms. The Kier molecular flexibility index (Phi) is 3.69. The fourth-order valence-electron chi connectivity index (χ4n) is 1.75. The van der Waals surface area contributed by atoms with Gasteiger partial charge in [0, 0.05) is 16.6 Å². The van der Waals surface area contributed by atoms with Gasteiger partial charge in [0.2, 0.25) is 0 Å². The van der Waals surface area contributed by atoms with Crippen molar-refractivity contribution in [3.63, 3.8) is 0 Å². The van der Waals surface area contributed by atoms with Crippen LogP contribution in [0.3, 0.4) is 0 Å². The first-order valence-electron chi connectivity index (χ1n) is 5.39. The smallest absolute Gasteiger partial charge is 0.164 e. The van der Waals surface area contributed by atoms with Crippen molar-refractivity contribution in [2.45, 2.75) is 25.8 Å². The van der Waals surface area contributed by atoms with Gasteiger partial charge in [-0.2, -0.15) is 0 Å². The van der Waals surface area contributed by atoms with E-state index in [4.69, 9.17) is 23.2 Å². The Balaban J connectivity index is 2.51. The fraction of sp³-hybridized carbons (Fsp3) is 0.333. The lowest BCUT2D eigenvalue weighted by atomic mass is 10.2. The van der Waals surface area contributed by atoms with Gasteiger partial charge in [0.05, 0.1) is 5.88 Å². The van der Waals surface area contributed by atoms with Crippen LogP contribution in [0.4, 0.5) is 0 Å². The van der Waals surface area contributed by atoms with Crippen LogP contribution < -0.4 is 0 Å². The maximum atomic E-state index is 5.87. The SMILES string of the molecule is CC(C)n1c(CCl)nnc1-c1ccc(Cl)cc1. The summed E-state index contributed by atoms with van der Waals surface area (Å²) in [5.74, 6) is 1.97. The maximum absolute atomic E-state index is 5.87. The summed E-state index contributed by atoms with van der Waals surface area (Å²) in [6.07, 6.45) is 0. The van der Waals surface area contributed by atoms with Crippen molar-refractivity contribution in [1.29, 1.82) is 0 Å². The lowest BCUT2D eigenvalue weighted by molar-refractivity contribution is 0.585. The summed E-state index contributed by atoms with van der Waals surface area (Å²) in [4.78, 5) is 0. The highest BCUT2D eigenvalue weighted by atomic mass is 35.5. The molecule has 3 nitrogen and oxygen atoms in total. The molecule has 0 fully saturated rings. The van der Waals surface area contributed by atoms with Gasteiger partial charge in [-0.1, -0.05) is 11.6 Å². The summed E-state index contributed by atoms with van der Waals surface area (Å²) in [5, 5.41) is 9.01. The summed E-state index contributed by atoms with van der Waals surface area (Å²) in [6, 6.07) is 7.82. The molecule has 2 rings (SSSR count). The third-order valence-electron chi connectivity index (χ3n) is 2.50. The maximum Gasteiger partial charge on any atom is 0.164 e. The van der Waals surface area contributed by atoms with Crippen LogP contribution in [0.5, 0.6) is 0 Å². The summed E-state index contributed by atoms with van der Waals surface area (Å²) in [6.45, 7) is 4.16. The molecule has 1 aromatic carbocycles. The van der Waals surface area contributed by atoms with Crippen molar-refractivity contribution in [2.24, 2.45) is 0 Å². The van der Waals surface area contributed by atoms with Gasteiger partial charge in [-0.25, -0.2) is 0 Å². The number of halogens is 2. The van der Waals surface area contributed by atoms with Crippen LogP contribution in [0.25, 0.3) is 11.4 Å². The van der Waals surface area contributed by atoms with Gasteiger partial charge in [-0.15, -0.1) is 21.8 Å². The van der Waals surface area contributed by atoms with E-state index in [1.54, 1.807) is 0 Å². The highest BCUT2D eigenvalue weighted by Gasteiger charge is 2.15. The largest absolute Gasteiger partial charge is 0.307 e. The Hall–Kier alpha value is -1.06. The Morgan fingerprint density at radius 2 is 1.82 bits per heavy atom. The first-order chi connectivity index (χ1) is 8.13. The molecular weight excluding hydrogens is 257 g/mol. The molecule has 0 saturated carbocycles. The number of nitrogens with zero attached hydrogens (tertiary/aromatic N) is 3. The predicted octanol–water partition coefficient (Wildman–Crippen LogP) is 3.92. The lowest BCUT2D eigenvalue weighted by Gasteiger charge is -2.12. The molecule has 0 N–H and O–H groups in total. The molecule has 0 amide bonds. The molecule has 1 heterocycles. The second kappa shape index (κ2) is 5.07. The third kappa shape index (κ3) is 2.45. The molecule has 90 valence electrons. The molecule has 0 aliphatic heterocycles. The molecule has 5 heteroatoms. The van der Waals surface area contributed by atoms with E-state index in [-0.39, 0.29) is 6.04 Å². The molecule has 0 unspecified atom stereocenters. The average molecular weight is 270 g/mol. The van der Waals surface area contributed by atoms with Gasteiger partial charge < -0.3 is 4.57 Å². The Bertz CT molecular complexity index is 503. The monoisotopic (exact) mass is 269 g/mol. The number of rotatable bonds is 3. The lowest BCUT2D eigenvalue weighted by Crippen LogP contribution is -2.06. The second-order valence-electron chi connectivity index (χ2n) is 4.04. The van der Waals surface area contributed by atoms with Gasteiger partial charge in [-0.05, 0) is 38.1 Å². The molecular formula is C12H13Cl2N3. The summed E-state index contributed by atoms with van der Waals surface area (Å²) in [7, 11) is 0. The minimum Gasteiger partial charge on any atom is -0.307 e. The Morgan fingerprint density at radius 3 is 2.35 bits per heavy atom. The van der Waals surface area contributed by atoms with Crippen LogP contribution in [-0.4, -0.2) is 14.8 Å². The number of hydrogen-bond acceptors (Lipinski definition) is 2. The zero-order valence-electron chi connectivity index (χ0n) is 9.69. The second-order valence-corrected chi connectivity index (χ2v) is 4.75. The van der Waals surface area contributed by atoms with Crippen LogP contribution >= 0.6 is 23.2 Å². The van der Waals surface area contributed by atoms with E-state index in [0.717, 1.165) is 17.2 Å². The van der Waals surface area contributed by atoms with Crippen LogP contribution in [0.2, 0.25) is 5.02 Å². The molecule has 1 aromatic heterocycles. The molecule has 2 aromatic rings. The van der Waals surface area contributed by atoms with E-state index in [0.29, 0.717) is 10.9 Å². The average Bonchev–Trinajstić information content (AvgIpc) is 2.73. The molecule has 0 aliphatic carbocycles. The molecule has 0 atom stereocenters. The van der Waals surface area contributed by atoms with Crippen molar-refractivity contribution in [2.75, 3.05) is 0 Å². The van der Waals surface area contributed by atoms with Crippen LogP contribution in [0.1, 0.15) is 25.7 Å². The zero-order chi connectivity index (χ0) is 12.4. The van der Waals surface area contributed by atoms with E-state index in [1.807, 2.05) is 28.8 Å². The first-order valence-corrected chi connectivity index (χ1v) is 6.30. The molecule has 0 bridgehead atoms. The molecule has 0 aliphatic rings. The Morgan fingerprint density at radius 1 is 1.18 bits per heavy atom. The highest BCUT2D eigenvalue weighted by molar-refractivity contribution is 6.30. The highest BCUT2D eigenvalue weighted by Crippen LogP contribution is 2.24. The normalized spacial score (nSPS) is 11.1. The predicted molar refractivity (Wildman–Crippen MR) is 70.4 cm³/mol. The number of hydrogen-bond donors (Lipinski definition) is 0. The van der Waals surface area contributed by atoms with Crippen LogP contribution in [-0.2, 0) is 5.88 Å². The minimum atomic E-state index is 0.268. The quantitative estimate of drug-likeness (QED) is 0.791. The van der Waals surface area contributed by atoms with Crippen molar-refractivity contribution < 1.29 is 0 Å². The van der Waals surface area contributed by atoms with Crippen LogP contribution in [0, 0.1) is 0 Å². The molecule has 0 radical (unpaired) electrons. The van der Waals surface area contributed by atoms with Gasteiger partial charge >= 0.3 is 0 Å². The van der Waals surface area contributed by atoms with E-state index in [9.17, 15) is 0 Å². The third-order valence-corrected chi connectivity index (χ3v) is 3.00. The summed E-state index contributed by atoms with van der Waals surface area (Å²) >= 11 is 11.7. The Labute approximate surface area is 110 Å². The van der Waals surface area contributed by atoms with E-state index < -0.39 is 0 Å². The van der Waals surface area contributed by atoms with Crippen LogP contribution in [0.15, 0.2) is 24.3 Å².